The molecule has 2 aromatic carbocycles. The van der Waals surface area contributed by atoms with Crippen LogP contribution in [0.15, 0.2) is 104 Å². The largest absolute Gasteiger partial charge is 0.495 e. The molecule has 0 amide bonds. The first kappa shape index (κ1) is 46.5. The van der Waals surface area contributed by atoms with Gasteiger partial charge in [-0.25, -0.2) is 29.8 Å². The number of methoxy groups -OCH3 is 1. The minimum Gasteiger partial charge on any atom is -0.495 e. The number of hydrogen-bond acceptors (Lipinski definition) is 18. The van der Waals surface area contributed by atoms with Crippen LogP contribution in [-0.4, -0.2) is 161 Å². The van der Waals surface area contributed by atoms with Crippen LogP contribution in [0.3, 0.4) is 0 Å². The molecule has 1 aliphatic carbocycles. The molecule has 2 unspecified atom stereocenters. The highest BCUT2D eigenvalue weighted by atomic mass is 16.5. The summed E-state index contributed by atoms with van der Waals surface area (Å²) < 4.78 is 36.9. The van der Waals surface area contributed by atoms with Gasteiger partial charge in [-0.15, -0.1) is 4.57 Å². The van der Waals surface area contributed by atoms with Crippen molar-refractivity contribution in [3.05, 3.63) is 104 Å². The fraction of sp³-hybridized carbons (Fsp3) is 0.382. The van der Waals surface area contributed by atoms with Gasteiger partial charge >= 0.3 is 5.88 Å². The number of imidazole rings is 2. The van der Waals surface area contributed by atoms with E-state index in [1.54, 1.807) is 19.5 Å². The number of piperazine rings is 2. The van der Waals surface area contributed by atoms with E-state index in [0.29, 0.717) is 68.2 Å². The Morgan fingerprint density at radius 3 is 2.28 bits per heavy atom. The Labute approximate surface area is 439 Å². The summed E-state index contributed by atoms with van der Waals surface area (Å²) in [4.78, 5) is 34.3. The van der Waals surface area contributed by atoms with E-state index in [1.807, 2.05) is 45.7 Å². The van der Waals surface area contributed by atoms with Crippen molar-refractivity contribution in [2.24, 2.45) is 0 Å². The first-order valence-electron chi connectivity index (χ1n) is 26.5. The third kappa shape index (κ3) is 9.22. The maximum Gasteiger partial charge on any atom is 0.393 e. The van der Waals surface area contributed by atoms with Gasteiger partial charge in [0.15, 0.2) is 29.1 Å². The van der Waals surface area contributed by atoms with Crippen molar-refractivity contribution in [3.63, 3.8) is 0 Å². The highest BCUT2D eigenvalue weighted by molar-refractivity contribution is 5.78. The molecular formula is C55H61N16O5+. The Hall–Kier alpha value is -7.98. The maximum absolute atomic E-state index is 6.59. The molecule has 3 saturated heterocycles. The molecule has 0 radical (unpaired) electrons. The summed E-state index contributed by atoms with van der Waals surface area (Å²) in [7, 11) is 1.73. The zero-order chi connectivity index (χ0) is 50.5. The van der Waals surface area contributed by atoms with Crippen LogP contribution in [0, 0.1) is 0 Å². The van der Waals surface area contributed by atoms with Gasteiger partial charge in [0, 0.05) is 131 Å². The standard InChI is InChI=1S/C55H61N16O5/c1-72-48-28-39(62-51-53-59-10-14-69(53)32-45(63-51)36-26-43-54(60-29-36)75-22-12-56-43)4-9-47(48)68-19-17-66(21-25-74-42-7-8-42)49(34-68)71-30-37(27-44-55(71)76-23-13-57-44)46-33-70-15-11-58-52(70)50(64-46)61-38-2-5-40(6-3-38)67-18-16-65-20-24-73-35-41(65)31-67/h2-6,9-11,14-15,26-30,32-33,41-42,49,56-57H,7-8,12-13,16-25,31,34-35H2,1H3,(H,61,64)(H,62,63)/q+1. The second-order valence-corrected chi connectivity index (χ2v) is 20.2. The van der Waals surface area contributed by atoms with Gasteiger partial charge in [0.25, 0.3) is 0 Å². The highest BCUT2D eigenvalue weighted by Crippen LogP contribution is 2.38. The predicted molar refractivity (Wildman–Crippen MR) is 289 cm³/mol. The summed E-state index contributed by atoms with van der Waals surface area (Å²) in [6.45, 7) is 11.8. The van der Waals surface area contributed by atoms with E-state index < -0.39 is 0 Å². The monoisotopic (exact) mass is 1030 g/mol. The molecule has 0 bridgehead atoms. The summed E-state index contributed by atoms with van der Waals surface area (Å²) in [5.74, 6) is 3.39. The van der Waals surface area contributed by atoms with Gasteiger partial charge in [-0.05, 0) is 61.4 Å². The third-order valence-corrected chi connectivity index (χ3v) is 15.3. The minimum absolute atomic E-state index is 0.144. The predicted octanol–water partition coefficient (Wildman–Crippen LogP) is 5.91. The Morgan fingerprint density at radius 1 is 0.737 bits per heavy atom. The van der Waals surface area contributed by atoms with Crippen LogP contribution in [0.2, 0.25) is 0 Å². The summed E-state index contributed by atoms with van der Waals surface area (Å²) >= 11 is 0. The van der Waals surface area contributed by atoms with E-state index in [1.165, 1.54) is 5.69 Å². The van der Waals surface area contributed by atoms with Gasteiger partial charge in [-0.3, -0.25) is 4.90 Å². The molecule has 6 aromatic heterocycles. The number of fused-ring (bicyclic) bond motifs is 5. The number of nitrogens with zero attached hydrogens (tertiary/aromatic N) is 12. The molecule has 76 heavy (non-hydrogen) atoms. The fourth-order valence-electron chi connectivity index (χ4n) is 11.2. The molecule has 390 valence electrons. The van der Waals surface area contributed by atoms with Crippen LogP contribution < -0.4 is 49.8 Å². The van der Waals surface area contributed by atoms with E-state index >= 15 is 0 Å². The Bertz CT molecular complexity index is 3420. The van der Waals surface area contributed by atoms with Crippen LogP contribution in [0.1, 0.15) is 19.0 Å². The molecule has 14 rings (SSSR count). The van der Waals surface area contributed by atoms with Crippen molar-refractivity contribution in [2.45, 2.75) is 31.2 Å². The number of hydrogen-bond donors (Lipinski definition) is 4. The molecule has 21 heteroatoms. The molecule has 21 nitrogen and oxygen atoms in total. The average molecular weight is 1030 g/mol. The molecule has 4 fully saturated rings. The molecule has 6 aliphatic rings. The Morgan fingerprint density at radius 2 is 1.47 bits per heavy atom. The van der Waals surface area contributed by atoms with Crippen molar-refractivity contribution in [2.75, 3.05) is 137 Å². The zero-order valence-corrected chi connectivity index (χ0v) is 42.5. The topological polar surface area (TPSA) is 184 Å². The lowest BCUT2D eigenvalue weighted by atomic mass is 10.1. The molecule has 11 heterocycles. The van der Waals surface area contributed by atoms with E-state index in [2.05, 4.69) is 110 Å². The van der Waals surface area contributed by atoms with Crippen LogP contribution in [0.4, 0.5) is 45.8 Å². The van der Waals surface area contributed by atoms with Crippen molar-refractivity contribution in [1.82, 2.24) is 43.5 Å². The highest BCUT2D eigenvalue weighted by Gasteiger charge is 2.40. The van der Waals surface area contributed by atoms with E-state index in [4.69, 9.17) is 38.6 Å². The maximum atomic E-state index is 6.59. The van der Waals surface area contributed by atoms with Gasteiger partial charge in [-0.2, -0.15) is 0 Å². The smallest absolute Gasteiger partial charge is 0.393 e. The van der Waals surface area contributed by atoms with Crippen molar-refractivity contribution in [3.8, 4) is 40.0 Å². The molecule has 8 aromatic rings. The van der Waals surface area contributed by atoms with Crippen LogP contribution in [-0.2, 0) is 9.47 Å². The molecule has 1 saturated carbocycles. The summed E-state index contributed by atoms with van der Waals surface area (Å²) in [6.07, 6.45) is 18.0. The van der Waals surface area contributed by atoms with Gasteiger partial charge in [0.2, 0.25) is 12.0 Å². The van der Waals surface area contributed by atoms with E-state index in [0.717, 1.165) is 147 Å². The molecule has 5 aliphatic heterocycles. The lowest BCUT2D eigenvalue weighted by Gasteiger charge is -2.44. The average Bonchev–Trinajstić information content (AvgIpc) is 3.94. The number of rotatable bonds is 14. The summed E-state index contributed by atoms with van der Waals surface area (Å²) in [5.41, 5.74) is 10.5. The third-order valence-electron chi connectivity index (χ3n) is 15.3. The lowest BCUT2D eigenvalue weighted by Crippen LogP contribution is -2.61. The first-order chi connectivity index (χ1) is 37.5. The summed E-state index contributed by atoms with van der Waals surface area (Å²) in [6, 6.07) is 19.5. The minimum atomic E-state index is -0.144. The van der Waals surface area contributed by atoms with Crippen LogP contribution in [0.25, 0.3) is 33.8 Å². The first-order valence-corrected chi connectivity index (χ1v) is 26.5. The normalized spacial score (nSPS) is 19.7. The van der Waals surface area contributed by atoms with Gasteiger partial charge in [0.1, 0.15) is 24.7 Å². The van der Waals surface area contributed by atoms with Gasteiger partial charge in [0.05, 0.1) is 73.9 Å². The number of aromatic nitrogens is 8. The SMILES string of the molecule is COc1cc(Nc2nc(-c3cnc4c(c3)NCCO4)cn3ccnc23)ccc1N1CCN(CCOC2CC2)C([n+]2cc(-c3cn4ccnc4c(Nc4ccc(N5CCN6CCOCC6C5)cc4)n3)cc3c2OCCN3)C1. The van der Waals surface area contributed by atoms with Crippen LogP contribution >= 0.6 is 0 Å². The van der Waals surface area contributed by atoms with Gasteiger partial charge in [-0.1, -0.05) is 0 Å². The number of morpholine rings is 1. The molecular weight excluding hydrogens is 965 g/mol. The summed E-state index contributed by atoms with van der Waals surface area (Å²) in [5, 5.41) is 14.2. The fourth-order valence-corrected chi connectivity index (χ4v) is 11.2. The van der Waals surface area contributed by atoms with Crippen molar-refractivity contribution < 1.29 is 28.3 Å². The number of pyridine rings is 2. The molecule has 0 spiro atoms. The van der Waals surface area contributed by atoms with E-state index in [-0.39, 0.29) is 6.17 Å². The Kier molecular flexibility index (Phi) is 12.2. The second kappa shape index (κ2) is 19.9. The van der Waals surface area contributed by atoms with E-state index in [9.17, 15) is 0 Å². The zero-order valence-electron chi connectivity index (χ0n) is 42.5. The second-order valence-electron chi connectivity index (χ2n) is 20.2. The van der Waals surface area contributed by atoms with Crippen molar-refractivity contribution >= 4 is 57.1 Å². The number of nitrogens with one attached hydrogen (secondary N) is 4. The Balaban J connectivity index is 0.758. The number of benzene rings is 2. The molecule has 4 N–H and O–H groups in total. The van der Waals surface area contributed by atoms with Crippen molar-refractivity contribution in [1.29, 1.82) is 0 Å². The van der Waals surface area contributed by atoms with Crippen LogP contribution in [0.5, 0.6) is 17.5 Å². The molecule has 2 atom stereocenters. The quantitative estimate of drug-likeness (QED) is 0.0942. The lowest BCUT2D eigenvalue weighted by molar-refractivity contribution is -0.745. The number of anilines is 8. The van der Waals surface area contributed by atoms with Gasteiger partial charge < -0.3 is 63.6 Å². The number of ether oxygens (including phenoxy) is 5.